The van der Waals surface area contributed by atoms with Crippen molar-refractivity contribution in [3.05, 3.63) is 35.4 Å². The molecule has 1 aliphatic heterocycles. The number of aliphatic hydroxyl groups excluding tert-OH is 1. The van der Waals surface area contributed by atoms with Crippen LogP contribution in [0.4, 0.5) is 26.3 Å². The molecule has 2 rings (SSSR count). The summed E-state index contributed by atoms with van der Waals surface area (Å²) >= 11 is 0. The monoisotopic (exact) mass is 402 g/mol. The van der Waals surface area contributed by atoms with Crippen LogP contribution in [-0.4, -0.2) is 60.0 Å². The highest BCUT2D eigenvalue weighted by Crippen LogP contribution is 2.31. The Bertz CT molecular complexity index is 621. The lowest BCUT2D eigenvalue weighted by Crippen LogP contribution is -2.33. The highest BCUT2D eigenvalue weighted by atomic mass is 19.4. The molecule has 1 heterocycles. The van der Waals surface area contributed by atoms with E-state index in [0.29, 0.717) is 18.7 Å². The summed E-state index contributed by atoms with van der Waals surface area (Å²) in [7, 11) is 1.73. The van der Waals surface area contributed by atoms with Gasteiger partial charge in [-0.1, -0.05) is 12.1 Å². The minimum absolute atomic E-state index is 0.178. The van der Waals surface area contributed by atoms with Crippen molar-refractivity contribution >= 4 is 5.97 Å². The zero-order valence-corrected chi connectivity index (χ0v) is 14.3. The van der Waals surface area contributed by atoms with E-state index in [1.807, 2.05) is 0 Å². The molecule has 5 nitrogen and oxygen atoms in total. The van der Waals surface area contributed by atoms with Crippen LogP contribution in [0.25, 0.3) is 0 Å². The van der Waals surface area contributed by atoms with E-state index in [4.69, 9.17) is 9.90 Å². The van der Waals surface area contributed by atoms with Crippen LogP contribution in [0.1, 0.15) is 23.6 Å². The molecule has 0 aliphatic carbocycles. The van der Waals surface area contributed by atoms with Gasteiger partial charge in [-0.2, -0.15) is 26.3 Å². The van der Waals surface area contributed by atoms with Gasteiger partial charge in [0.1, 0.15) is 0 Å². The van der Waals surface area contributed by atoms with E-state index in [2.05, 4.69) is 10.2 Å². The molecule has 3 N–H and O–H groups in total. The molecule has 27 heavy (non-hydrogen) atoms. The van der Waals surface area contributed by atoms with E-state index in [0.717, 1.165) is 19.0 Å². The fourth-order valence-electron chi connectivity index (χ4n) is 2.53. The van der Waals surface area contributed by atoms with E-state index in [1.54, 1.807) is 13.1 Å². The summed E-state index contributed by atoms with van der Waals surface area (Å²) in [6, 6.07) is 5.22. The van der Waals surface area contributed by atoms with Crippen molar-refractivity contribution in [2.24, 2.45) is 0 Å². The number of halogens is 6. The summed E-state index contributed by atoms with van der Waals surface area (Å²) < 4.78 is 69.9. The zero-order chi connectivity index (χ0) is 20.8. The second-order valence-electron chi connectivity index (χ2n) is 5.97. The van der Waals surface area contributed by atoms with Crippen LogP contribution in [0.5, 0.6) is 0 Å². The molecule has 0 aromatic heterocycles. The van der Waals surface area contributed by atoms with Crippen molar-refractivity contribution < 1.29 is 41.4 Å². The average Bonchev–Trinajstić information content (AvgIpc) is 2.97. The number of carboxylic acids is 1. The van der Waals surface area contributed by atoms with Crippen molar-refractivity contribution in [2.75, 3.05) is 26.7 Å². The van der Waals surface area contributed by atoms with Gasteiger partial charge in [-0.15, -0.1) is 0 Å². The topological polar surface area (TPSA) is 72.8 Å². The van der Waals surface area contributed by atoms with E-state index in [1.165, 1.54) is 12.1 Å². The lowest BCUT2D eigenvalue weighted by Gasteiger charge is -2.24. The first-order valence-electron chi connectivity index (χ1n) is 7.89. The van der Waals surface area contributed by atoms with Gasteiger partial charge < -0.3 is 15.5 Å². The number of hydrogen-bond donors (Lipinski definition) is 3. The van der Waals surface area contributed by atoms with Crippen LogP contribution in [0, 0.1) is 0 Å². The summed E-state index contributed by atoms with van der Waals surface area (Å²) in [5.41, 5.74) is -0.0135. The fraction of sp³-hybridized carbons (Fsp3) is 0.562. The van der Waals surface area contributed by atoms with E-state index < -0.39 is 23.9 Å². The Balaban J connectivity index is 0.000000445. The van der Waals surface area contributed by atoms with Gasteiger partial charge >= 0.3 is 18.3 Å². The van der Waals surface area contributed by atoms with Crippen LogP contribution >= 0.6 is 0 Å². The molecule has 0 radical (unpaired) electrons. The minimum Gasteiger partial charge on any atom is -0.475 e. The summed E-state index contributed by atoms with van der Waals surface area (Å²) in [6.45, 7) is 1.95. The Kier molecular flexibility index (Phi) is 8.05. The fourth-order valence-corrected chi connectivity index (χ4v) is 2.53. The second kappa shape index (κ2) is 9.38. The molecular formula is C16H20F6N2O3. The molecule has 0 unspecified atom stereocenters. The maximum atomic E-state index is 12.7. The van der Waals surface area contributed by atoms with Gasteiger partial charge in [0, 0.05) is 25.7 Å². The number of aliphatic carboxylic acids is 1. The van der Waals surface area contributed by atoms with Crippen LogP contribution in [0.15, 0.2) is 24.3 Å². The summed E-state index contributed by atoms with van der Waals surface area (Å²) in [6.07, 6.45) is -9.01. The number of nitrogens with one attached hydrogen (secondary N) is 1. The van der Waals surface area contributed by atoms with Gasteiger partial charge in [-0.3, -0.25) is 4.90 Å². The summed E-state index contributed by atoms with van der Waals surface area (Å²) in [5, 5.41) is 19.7. The first-order valence-corrected chi connectivity index (χ1v) is 7.89. The average molecular weight is 402 g/mol. The standard InChI is InChI=1S/C14H19F3N2O.C2HF3O2/c1-18-13(9-19-6-5-12(20)8-19)10-3-2-4-11(7-10)14(15,16)17;3-2(4,5)1(6)7/h2-4,7,12-13,18,20H,5-6,8-9H2,1H3;(H,6,7)/t12-,13+;/m0./s1. The van der Waals surface area contributed by atoms with Crippen molar-refractivity contribution in [2.45, 2.75) is 30.9 Å². The number of nitrogens with zero attached hydrogens (tertiary/aromatic N) is 1. The van der Waals surface area contributed by atoms with E-state index in [9.17, 15) is 31.4 Å². The van der Waals surface area contributed by atoms with E-state index >= 15 is 0 Å². The van der Waals surface area contributed by atoms with Crippen molar-refractivity contribution in [3.8, 4) is 0 Å². The highest BCUT2D eigenvalue weighted by Gasteiger charge is 2.38. The number of carboxylic acid groups (broad SMARTS) is 1. The summed E-state index contributed by atoms with van der Waals surface area (Å²) in [4.78, 5) is 11.0. The molecule has 1 aromatic carbocycles. The minimum atomic E-state index is -5.08. The SMILES string of the molecule is CN[C@H](CN1CC[C@H](O)C1)c1cccc(C(F)(F)F)c1.O=C(O)C(F)(F)F. The first-order chi connectivity index (χ1) is 12.3. The highest BCUT2D eigenvalue weighted by molar-refractivity contribution is 5.73. The number of hydrogen-bond acceptors (Lipinski definition) is 4. The summed E-state index contributed by atoms with van der Waals surface area (Å²) in [5.74, 6) is -2.76. The molecule has 11 heteroatoms. The number of β-amino-alcohol motifs (C(OH)–C–C–N with tert-alkyl or cyclic N) is 1. The maximum Gasteiger partial charge on any atom is 0.490 e. The van der Waals surface area contributed by atoms with Gasteiger partial charge in [0.2, 0.25) is 0 Å². The van der Waals surface area contributed by atoms with Gasteiger partial charge in [0.05, 0.1) is 11.7 Å². The number of rotatable bonds is 4. The van der Waals surface area contributed by atoms with Crippen LogP contribution in [0.2, 0.25) is 0 Å². The number of aliphatic hydroxyl groups is 1. The predicted octanol–water partition coefficient (Wildman–Crippen LogP) is 2.67. The van der Waals surface area contributed by atoms with Crippen LogP contribution in [-0.2, 0) is 11.0 Å². The van der Waals surface area contributed by atoms with Gasteiger partial charge in [0.25, 0.3) is 0 Å². The van der Waals surface area contributed by atoms with Crippen LogP contribution in [0.3, 0.4) is 0 Å². The third kappa shape index (κ3) is 7.73. The zero-order valence-electron chi connectivity index (χ0n) is 14.3. The Hall–Kier alpha value is -1.85. The molecule has 1 fully saturated rings. The Morgan fingerprint density at radius 2 is 1.89 bits per heavy atom. The lowest BCUT2D eigenvalue weighted by atomic mass is 10.0. The Labute approximate surface area is 151 Å². The van der Waals surface area contributed by atoms with Gasteiger partial charge in [-0.25, -0.2) is 4.79 Å². The molecule has 0 amide bonds. The van der Waals surface area contributed by atoms with E-state index in [-0.39, 0.29) is 12.1 Å². The van der Waals surface area contributed by atoms with Gasteiger partial charge in [0.15, 0.2) is 0 Å². The van der Waals surface area contributed by atoms with Crippen molar-refractivity contribution in [3.63, 3.8) is 0 Å². The Morgan fingerprint density at radius 1 is 1.30 bits per heavy atom. The second-order valence-corrected chi connectivity index (χ2v) is 5.97. The molecule has 1 aliphatic rings. The molecular weight excluding hydrogens is 382 g/mol. The molecule has 0 bridgehead atoms. The number of alkyl halides is 6. The number of likely N-dealkylation sites (tertiary alicyclic amines) is 1. The largest absolute Gasteiger partial charge is 0.490 e. The number of carbonyl (C=O) groups is 1. The molecule has 154 valence electrons. The molecule has 0 spiro atoms. The molecule has 2 atom stereocenters. The van der Waals surface area contributed by atoms with Crippen molar-refractivity contribution in [1.29, 1.82) is 0 Å². The van der Waals surface area contributed by atoms with Gasteiger partial charge in [-0.05, 0) is 31.2 Å². The molecule has 1 aromatic rings. The lowest BCUT2D eigenvalue weighted by molar-refractivity contribution is -0.192. The third-order valence-corrected chi connectivity index (χ3v) is 3.90. The predicted molar refractivity (Wildman–Crippen MR) is 84.0 cm³/mol. The van der Waals surface area contributed by atoms with Crippen molar-refractivity contribution in [1.82, 2.24) is 10.2 Å². The Morgan fingerprint density at radius 3 is 2.30 bits per heavy atom. The first kappa shape index (κ1) is 23.2. The number of likely N-dealkylation sites (N-methyl/N-ethyl adjacent to an activating group) is 1. The van der Waals surface area contributed by atoms with Crippen LogP contribution < -0.4 is 5.32 Å². The smallest absolute Gasteiger partial charge is 0.475 e. The number of benzene rings is 1. The maximum absolute atomic E-state index is 12.7. The normalized spacial score (nSPS) is 19.3. The quantitative estimate of drug-likeness (QED) is 0.676. The third-order valence-electron chi connectivity index (χ3n) is 3.90. The molecule has 1 saturated heterocycles. The molecule has 0 saturated carbocycles.